The molecule has 0 saturated carbocycles. The van der Waals surface area contributed by atoms with E-state index in [0.717, 1.165) is 57.8 Å². The van der Waals surface area contributed by atoms with E-state index in [4.69, 9.17) is 19.1 Å². The van der Waals surface area contributed by atoms with Crippen LogP contribution in [0.15, 0.2) is 48.6 Å². The molecule has 0 bridgehead atoms. The van der Waals surface area contributed by atoms with Crippen molar-refractivity contribution in [3.63, 3.8) is 0 Å². The van der Waals surface area contributed by atoms with Gasteiger partial charge in [-0.1, -0.05) is 107 Å². The molecule has 0 radical (unpaired) electrons. The van der Waals surface area contributed by atoms with E-state index in [1.54, 1.807) is 0 Å². The molecular weight excluding hydrogens is 611 g/mol. The molecule has 1 unspecified atom stereocenters. The van der Waals surface area contributed by atoms with Crippen molar-refractivity contribution in [2.75, 3.05) is 26.4 Å². The molecule has 0 spiro atoms. The highest BCUT2D eigenvalue weighted by molar-refractivity contribution is 7.47. The van der Waals surface area contributed by atoms with Gasteiger partial charge in [0, 0.05) is 12.8 Å². The molecule has 0 aromatic carbocycles. The van der Waals surface area contributed by atoms with Gasteiger partial charge in [-0.2, -0.15) is 0 Å². The van der Waals surface area contributed by atoms with Crippen LogP contribution in [-0.2, 0) is 32.7 Å². The second kappa shape index (κ2) is 31.5. The molecule has 0 aromatic heterocycles. The van der Waals surface area contributed by atoms with Crippen LogP contribution in [0.25, 0.3) is 0 Å². The van der Waals surface area contributed by atoms with E-state index in [-0.39, 0.29) is 19.4 Å². The lowest BCUT2D eigenvalue weighted by molar-refractivity contribution is -0.161. The topological polar surface area (TPSA) is 149 Å². The molecule has 0 aliphatic heterocycles. The van der Waals surface area contributed by atoms with Crippen LogP contribution >= 0.6 is 7.82 Å². The fourth-order valence-electron chi connectivity index (χ4n) is 4.10. The molecule has 266 valence electrons. The number of hydrogen-bond donors (Lipinski definition) is 3. The van der Waals surface area contributed by atoms with Gasteiger partial charge < -0.3 is 24.6 Å². The van der Waals surface area contributed by atoms with Crippen molar-refractivity contribution < 1.29 is 47.8 Å². The molecule has 11 heteroatoms. The number of unbranched alkanes of at least 4 members (excludes halogenated alkanes) is 9. The highest BCUT2D eigenvalue weighted by atomic mass is 31.2. The minimum absolute atomic E-state index is 0.173. The smallest absolute Gasteiger partial charge is 0.462 e. The summed E-state index contributed by atoms with van der Waals surface area (Å²) in [6, 6.07) is 0. The van der Waals surface area contributed by atoms with Gasteiger partial charge in [0.15, 0.2) is 6.10 Å². The number of esters is 2. The molecule has 3 atom stereocenters. The molecular formula is C35H61O10P. The monoisotopic (exact) mass is 672 g/mol. The van der Waals surface area contributed by atoms with Gasteiger partial charge in [-0.25, -0.2) is 4.57 Å². The van der Waals surface area contributed by atoms with E-state index in [9.17, 15) is 24.2 Å². The Morgan fingerprint density at radius 1 is 0.674 bits per heavy atom. The minimum Gasteiger partial charge on any atom is -0.462 e. The first-order chi connectivity index (χ1) is 22.2. The molecule has 0 aliphatic rings. The fraction of sp³-hybridized carbons (Fsp3) is 0.714. The van der Waals surface area contributed by atoms with E-state index in [1.165, 1.54) is 25.7 Å². The Balaban J connectivity index is 4.47. The van der Waals surface area contributed by atoms with Gasteiger partial charge in [-0.3, -0.25) is 18.6 Å². The summed E-state index contributed by atoms with van der Waals surface area (Å²) in [5.41, 5.74) is 0. The molecule has 10 nitrogen and oxygen atoms in total. The third-order valence-corrected chi connectivity index (χ3v) is 7.70. The van der Waals surface area contributed by atoms with Gasteiger partial charge in [0.2, 0.25) is 0 Å². The SMILES string of the molecule is CC/C=C/C/C=C/C/C=C/C/C=C/CCCCC(=O)OC[C@@H](COP(=O)(O)OC[C@H](O)CO)OC(=O)CCCCCCCCCC. The van der Waals surface area contributed by atoms with Crippen molar-refractivity contribution in [1.82, 2.24) is 0 Å². The van der Waals surface area contributed by atoms with Gasteiger partial charge in [0.1, 0.15) is 12.7 Å². The number of phosphoric acid groups is 1. The van der Waals surface area contributed by atoms with Gasteiger partial charge in [0.05, 0.1) is 19.8 Å². The second-order valence-electron chi connectivity index (χ2n) is 11.2. The number of hydrogen-bond acceptors (Lipinski definition) is 9. The first kappa shape index (κ1) is 43.9. The molecule has 3 N–H and O–H groups in total. The zero-order chi connectivity index (χ0) is 34.1. The summed E-state index contributed by atoms with van der Waals surface area (Å²) in [5.74, 6) is -0.985. The Morgan fingerprint density at radius 2 is 1.20 bits per heavy atom. The lowest BCUT2D eigenvalue weighted by atomic mass is 10.1. The van der Waals surface area contributed by atoms with Crippen LogP contribution in [0.4, 0.5) is 0 Å². The van der Waals surface area contributed by atoms with Crippen LogP contribution in [0.2, 0.25) is 0 Å². The summed E-state index contributed by atoms with van der Waals surface area (Å²) < 4.78 is 32.4. The Labute approximate surface area is 277 Å². The molecule has 0 rings (SSSR count). The summed E-state index contributed by atoms with van der Waals surface area (Å²) in [5, 5.41) is 18.2. The van der Waals surface area contributed by atoms with E-state index in [1.807, 2.05) is 0 Å². The Bertz CT molecular complexity index is 915. The van der Waals surface area contributed by atoms with Crippen LogP contribution in [0.1, 0.15) is 123 Å². The van der Waals surface area contributed by atoms with Crippen LogP contribution in [0.5, 0.6) is 0 Å². The Kier molecular flexibility index (Phi) is 30.1. The highest BCUT2D eigenvalue weighted by Gasteiger charge is 2.27. The van der Waals surface area contributed by atoms with Crippen LogP contribution < -0.4 is 0 Å². The maximum Gasteiger partial charge on any atom is 0.472 e. The summed E-state index contributed by atoms with van der Waals surface area (Å²) in [6.45, 7) is 2.13. The second-order valence-corrected chi connectivity index (χ2v) is 12.6. The zero-order valence-corrected chi connectivity index (χ0v) is 29.2. The minimum atomic E-state index is -4.61. The first-order valence-corrected chi connectivity index (χ1v) is 18.6. The lowest BCUT2D eigenvalue weighted by Gasteiger charge is -2.20. The predicted molar refractivity (Wildman–Crippen MR) is 182 cm³/mol. The number of ether oxygens (including phenoxy) is 2. The third kappa shape index (κ3) is 30.6. The predicted octanol–water partition coefficient (Wildman–Crippen LogP) is 7.82. The van der Waals surface area contributed by atoms with Gasteiger partial charge in [-0.15, -0.1) is 0 Å². The largest absolute Gasteiger partial charge is 0.472 e. The van der Waals surface area contributed by atoms with E-state index < -0.39 is 51.8 Å². The Morgan fingerprint density at radius 3 is 1.80 bits per heavy atom. The first-order valence-electron chi connectivity index (χ1n) is 17.1. The summed E-state index contributed by atoms with van der Waals surface area (Å²) in [6.07, 6.45) is 29.6. The van der Waals surface area contributed by atoms with Crippen molar-refractivity contribution in [2.24, 2.45) is 0 Å². The van der Waals surface area contributed by atoms with Crippen LogP contribution in [0, 0.1) is 0 Å². The zero-order valence-electron chi connectivity index (χ0n) is 28.3. The average molecular weight is 673 g/mol. The maximum absolute atomic E-state index is 12.4. The summed E-state index contributed by atoms with van der Waals surface area (Å²) in [7, 11) is -4.61. The van der Waals surface area contributed by atoms with Crippen molar-refractivity contribution in [2.45, 2.75) is 135 Å². The van der Waals surface area contributed by atoms with Crippen molar-refractivity contribution in [1.29, 1.82) is 0 Å². The molecule has 0 saturated heterocycles. The third-order valence-electron chi connectivity index (χ3n) is 6.75. The van der Waals surface area contributed by atoms with Crippen LogP contribution in [0.3, 0.4) is 0 Å². The normalized spacial score (nSPS) is 14.8. The number of carbonyl (C=O) groups is 2. The number of carbonyl (C=O) groups excluding carboxylic acids is 2. The van der Waals surface area contributed by atoms with Gasteiger partial charge >= 0.3 is 19.8 Å². The fourth-order valence-corrected chi connectivity index (χ4v) is 4.89. The Hall–Kier alpha value is -2.07. The van der Waals surface area contributed by atoms with Gasteiger partial charge in [0.25, 0.3) is 0 Å². The van der Waals surface area contributed by atoms with Crippen LogP contribution in [-0.4, -0.2) is 65.7 Å². The highest BCUT2D eigenvalue weighted by Crippen LogP contribution is 2.43. The van der Waals surface area contributed by atoms with Crippen molar-refractivity contribution >= 4 is 19.8 Å². The quantitative estimate of drug-likeness (QED) is 0.0288. The summed E-state index contributed by atoms with van der Waals surface area (Å²) >= 11 is 0. The van der Waals surface area contributed by atoms with E-state index in [0.29, 0.717) is 12.8 Å². The molecule has 0 aromatic rings. The molecule has 0 fully saturated rings. The number of aliphatic hydroxyl groups excluding tert-OH is 2. The van der Waals surface area contributed by atoms with Gasteiger partial charge in [-0.05, 0) is 51.4 Å². The summed E-state index contributed by atoms with van der Waals surface area (Å²) in [4.78, 5) is 34.6. The molecule has 0 aliphatic carbocycles. The average Bonchev–Trinajstić information content (AvgIpc) is 3.04. The molecule has 0 heterocycles. The maximum atomic E-state index is 12.4. The van der Waals surface area contributed by atoms with E-state index in [2.05, 4.69) is 67.0 Å². The molecule has 46 heavy (non-hydrogen) atoms. The van der Waals surface area contributed by atoms with E-state index >= 15 is 0 Å². The van der Waals surface area contributed by atoms with Crippen molar-refractivity contribution in [3.8, 4) is 0 Å². The number of rotatable bonds is 31. The van der Waals surface area contributed by atoms with Crippen molar-refractivity contribution in [3.05, 3.63) is 48.6 Å². The number of phosphoric ester groups is 1. The lowest BCUT2D eigenvalue weighted by Crippen LogP contribution is -2.29. The molecule has 0 amide bonds. The number of allylic oxidation sites excluding steroid dienone is 8. The number of aliphatic hydroxyl groups is 2. The standard InChI is InChI=1S/C35H61O10P/c1-3-5-7-9-11-13-14-15-16-17-18-19-21-22-24-26-34(38)42-30-33(31-44-46(40,41)43-29-32(37)28-36)45-35(39)27-25-23-20-12-10-8-6-4-2/h5,7,11,13,15-16,18-19,32-33,36-37H,3-4,6,8-10,12,14,17,20-31H2,1-2H3,(H,40,41)/b7-5+,13-11+,16-15+,19-18+/t32-,33+/m1/s1.